The summed E-state index contributed by atoms with van der Waals surface area (Å²) >= 11 is 5.96. The molecule has 0 aromatic carbocycles. The van der Waals surface area contributed by atoms with Crippen LogP contribution in [-0.4, -0.2) is 21.7 Å². The molecule has 0 spiro atoms. The first-order chi connectivity index (χ1) is 7.86. The zero-order valence-electron chi connectivity index (χ0n) is 8.56. The third kappa shape index (κ3) is 3.01. The molecule has 0 saturated heterocycles. The van der Waals surface area contributed by atoms with E-state index < -0.39 is 0 Å². The highest BCUT2D eigenvalue weighted by atomic mass is 35.5. The molecule has 2 aromatic rings. The number of halogens is 1. The molecule has 0 aliphatic heterocycles. The zero-order valence-corrected chi connectivity index (χ0v) is 9.31. The van der Waals surface area contributed by atoms with E-state index >= 15 is 0 Å². The maximum absolute atomic E-state index is 5.96. The highest BCUT2D eigenvalue weighted by Gasteiger charge is 2.00. The summed E-state index contributed by atoms with van der Waals surface area (Å²) in [5.74, 6) is 0.633. The van der Waals surface area contributed by atoms with Crippen LogP contribution in [0.3, 0.4) is 0 Å². The molecule has 84 valence electrons. The second-order valence-corrected chi connectivity index (χ2v) is 3.64. The van der Waals surface area contributed by atoms with Gasteiger partial charge in [0.25, 0.3) is 0 Å². The van der Waals surface area contributed by atoms with Gasteiger partial charge in [0.2, 0.25) is 5.89 Å². The summed E-state index contributed by atoms with van der Waals surface area (Å²) in [6.45, 7) is 1.47. The molecule has 2 rings (SSSR count). The van der Waals surface area contributed by atoms with E-state index in [9.17, 15) is 0 Å². The van der Waals surface area contributed by atoms with Crippen molar-refractivity contribution in [2.45, 2.75) is 13.0 Å². The van der Waals surface area contributed by atoms with Crippen LogP contribution in [0, 0.1) is 0 Å². The molecule has 0 aliphatic rings. The number of hydrogen-bond donors (Lipinski definition) is 1. The van der Waals surface area contributed by atoms with Gasteiger partial charge in [0.05, 0.1) is 5.02 Å². The van der Waals surface area contributed by atoms with E-state index in [2.05, 4.69) is 20.4 Å². The Bertz CT molecular complexity index is 432. The second kappa shape index (κ2) is 5.58. The van der Waals surface area contributed by atoms with Gasteiger partial charge >= 0.3 is 0 Å². The van der Waals surface area contributed by atoms with Crippen LogP contribution >= 0.6 is 11.6 Å². The Balaban J connectivity index is 1.74. The molecule has 0 amide bonds. The van der Waals surface area contributed by atoms with E-state index in [4.69, 9.17) is 16.1 Å². The van der Waals surface area contributed by atoms with Gasteiger partial charge in [-0.1, -0.05) is 16.8 Å². The Labute approximate surface area is 97.8 Å². The molecular weight excluding hydrogens is 228 g/mol. The fraction of sp³-hybridized carbons (Fsp3) is 0.300. The lowest BCUT2D eigenvalue weighted by atomic mass is 10.2. The Morgan fingerprint density at radius 2 is 2.38 bits per heavy atom. The van der Waals surface area contributed by atoms with Crippen LogP contribution in [0.2, 0.25) is 5.02 Å². The molecule has 0 saturated carbocycles. The first-order valence-electron chi connectivity index (χ1n) is 4.91. The molecule has 6 heteroatoms. The Hall–Kier alpha value is -1.46. The van der Waals surface area contributed by atoms with Crippen molar-refractivity contribution < 1.29 is 4.52 Å². The summed E-state index contributed by atoms with van der Waals surface area (Å²) in [5.41, 5.74) is 1.03. The van der Waals surface area contributed by atoms with E-state index in [1.165, 1.54) is 6.33 Å². The molecule has 0 radical (unpaired) electrons. The fourth-order valence-electron chi connectivity index (χ4n) is 1.27. The highest BCUT2D eigenvalue weighted by molar-refractivity contribution is 6.31. The van der Waals surface area contributed by atoms with Crippen molar-refractivity contribution in [2.75, 3.05) is 6.54 Å². The van der Waals surface area contributed by atoms with Gasteiger partial charge in [-0.15, -0.1) is 0 Å². The summed E-state index contributed by atoms with van der Waals surface area (Å²) in [6.07, 6.45) is 5.47. The largest absolute Gasteiger partial charge is 0.340 e. The van der Waals surface area contributed by atoms with Gasteiger partial charge in [-0.05, 0) is 11.6 Å². The van der Waals surface area contributed by atoms with Crippen molar-refractivity contribution in [3.63, 3.8) is 0 Å². The number of rotatable bonds is 5. The molecule has 1 N–H and O–H groups in total. The minimum Gasteiger partial charge on any atom is -0.340 e. The van der Waals surface area contributed by atoms with Crippen LogP contribution in [0.25, 0.3) is 0 Å². The minimum absolute atomic E-state index is 0.633. The predicted octanol–water partition coefficient (Wildman–Crippen LogP) is 1.45. The van der Waals surface area contributed by atoms with Gasteiger partial charge in [-0.2, -0.15) is 4.98 Å². The number of hydrogen-bond acceptors (Lipinski definition) is 5. The van der Waals surface area contributed by atoms with Gasteiger partial charge in [-0.3, -0.25) is 4.98 Å². The number of aromatic nitrogens is 3. The first-order valence-corrected chi connectivity index (χ1v) is 5.28. The van der Waals surface area contributed by atoms with E-state index in [1.807, 2.05) is 6.07 Å². The van der Waals surface area contributed by atoms with Crippen molar-refractivity contribution in [1.29, 1.82) is 0 Å². The van der Waals surface area contributed by atoms with Gasteiger partial charge in [0, 0.05) is 31.9 Å². The molecule has 2 heterocycles. The lowest BCUT2D eigenvalue weighted by Gasteiger charge is -2.04. The van der Waals surface area contributed by atoms with Crippen LogP contribution in [-0.2, 0) is 13.0 Å². The van der Waals surface area contributed by atoms with Crippen molar-refractivity contribution in [1.82, 2.24) is 20.4 Å². The third-order valence-corrected chi connectivity index (χ3v) is 2.43. The quantitative estimate of drug-likeness (QED) is 0.799. The standard InChI is InChI=1S/C10H11ClN4O/c11-9-6-13-3-1-8(9)5-12-4-2-10-14-7-15-16-10/h1,3,6-7,12H,2,4-5H2. The molecule has 0 fully saturated rings. The van der Waals surface area contributed by atoms with Gasteiger partial charge in [-0.25, -0.2) is 0 Å². The molecule has 0 atom stereocenters. The van der Waals surface area contributed by atoms with Crippen LogP contribution in [0.5, 0.6) is 0 Å². The molecule has 0 bridgehead atoms. The molecule has 0 aliphatic carbocycles. The smallest absolute Gasteiger partial charge is 0.227 e. The first kappa shape index (κ1) is 11.0. The van der Waals surface area contributed by atoms with E-state index in [0.29, 0.717) is 23.9 Å². The van der Waals surface area contributed by atoms with E-state index in [1.54, 1.807) is 12.4 Å². The lowest BCUT2D eigenvalue weighted by Crippen LogP contribution is -2.17. The van der Waals surface area contributed by atoms with Gasteiger partial charge < -0.3 is 9.84 Å². The summed E-state index contributed by atoms with van der Waals surface area (Å²) in [4.78, 5) is 7.85. The SMILES string of the molecule is Clc1cnccc1CNCCc1ncno1. The van der Waals surface area contributed by atoms with Crippen LogP contribution < -0.4 is 5.32 Å². The van der Waals surface area contributed by atoms with Gasteiger partial charge in [0.15, 0.2) is 6.33 Å². The van der Waals surface area contributed by atoms with E-state index in [-0.39, 0.29) is 0 Å². The van der Waals surface area contributed by atoms with Crippen LogP contribution in [0.15, 0.2) is 29.3 Å². The normalized spacial score (nSPS) is 10.6. The summed E-state index contributed by atoms with van der Waals surface area (Å²) in [5, 5.41) is 7.44. The molecule has 16 heavy (non-hydrogen) atoms. The Morgan fingerprint density at radius 3 is 3.12 bits per heavy atom. The molecule has 5 nitrogen and oxygen atoms in total. The highest BCUT2D eigenvalue weighted by Crippen LogP contribution is 2.12. The third-order valence-electron chi connectivity index (χ3n) is 2.09. The minimum atomic E-state index is 0.633. The average Bonchev–Trinajstić information content (AvgIpc) is 2.79. The Kier molecular flexibility index (Phi) is 3.85. The summed E-state index contributed by atoms with van der Waals surface area (Å²) in [6, 6.07) is 1.89. The van der Waals surface area contributed by atoms with E-state index in [0.717, 1.165) is 12.1 Å². The van der Waals surface area contributed by atoms with Crippen LogP contribution in [0.4, 0.5) is 0 Å². The predicted molar refractivity (Wildman–Crippen MR) is 59.0 cm³/mol. The Morgan fingerprint density at radius 1 is 1.44 bits per heavy atom. The number of nitrogens with zero attached hydrogens (tertiary/aromatic N) is 3. The lowest BCUT2D eigenvalue weighted by molar-refractivity contribution is 0.375. The summed E-state index contributed by atoms with van der Waals surface area (Å²) < 4.78 is 4.87. The topological polar surface area (TPSA) is 63.8 Å². The maximum atomic E-state index is 5.96. The van der Waals surface area contributed by atoms with Crippen molar-refractivity contribution in [3.05, 3.63) is 41.3 Å². The maximum Gasteiger partial charge on any atom is 0.227 e. The zero-order chi connectivity index (χ0) is 11.2. The molecule has 0 unspecified atom stereocenters. The summed E-state index contributed by atoms with van der Waals surface area (Å²) in [7, 11) is 0. The number of pyridine rings is 1. The molecule has 2 aromatic heterocycles. The fourth-order valence-corrected chi connectivity index (χ4v) is 1.46. The number of nitrogens with one attached hydrogen (secondary N) is 1. The monoisotopic (exact) mass is 238 g/mol. The van der Waals surface area contributed by atoms with Crippen LogP contribution in [0.1, 0.15) is 11.5 Å². The van der Waals surface area contributed by atoms with Crippen molar-refractivity contribution in [3.8, 4) is 0 Å². The molecular formula is C10H11ClN4O. The van der Waals surface area contributed by atoms with Gasteiger partial charge in [0.1, 0.15) is 0 Å². The average molecular weight is 239 g/mol. The van der Waals surface area contributed by atoms with Crippen molar-refractivity contribution >= 4 is 11.6 Å². The second-order valence-electron chi connectivity index (χ2n) is 3.23. The van der Waals surface area contributed by atoms with Crippen molar-refractivity contribution in [2.24, 2.45) is 0 Å².